The summed E-state index contributed by atoms with van der Waals surface area (Å²) in [7, 11) is 0. The topological polar surface area (TPSA) is 98.7 Å². The van der Waals surface area contributed by atoms with Gasteiger partial charge in [-0.1, -0.05) is 51.8 Å². The normalized spacial score (nSPS) is 15.7. The highest BCUT2D eigenvalue weighted by molar-refractivity contribution is 5.98. The van der Waals surface area contributed by atoms with Crippen LogP contribution in [-0.4, -0.2) is 47.0 Å². The quantitative estimate of drug-likeness (QED) is 0.492. The first kappa shape index (κ1) is 21.9. The van der Waals surface area contributed by atoms with Crippen LogP contribution in [0.15, 0.2) is 30.3 Å². The van der Waals surface area contributed by atoms with E-state index in [2.05, 4.69) is 5.32 Å². The van der Waals surface area contributed by atoms with E-state index in [9.17, 15) is 14.4 Å². The summed E-state index contributed by atoms with van der Waals surface area (Å²) in [5.74, 6) is -0.956. The van der Waals surface area contributed by atoms with Gasteiger partial charge in [0, 0.05) is 12.1 Å². The van der Waals surface area contributed by atoms with Crippen LogP contribution in [0, 0.1) is 11.3 Å². The van der Waals surface area contributed by atoms with E-state index in [1.165, 1.54) is 4.90 Å². The molecule has 1 atom stereocenters. The van der Waals surface area contributed by atoms with Gasteiger partial charge < -0.3 is 10.2 Å². The van der Waals surface area contributed by atoms with E-state index in [0.717, 1.165) is 25.7 Å². The number of hydrogen-bond donors (Lipinski definition) is 3. The van der Waals surface area contributed by atoms with Crippen molar-refractivity contribution in [3.63, 3.8) is 0 Å². The van der Waals surface area contributed by atoms with E-state index in [0.29, 0.717) is 18.0 Å². The zero-order valence-electron chi connectivity index (χ0n) is 16.9. The molecule has 0 unspecified atom stereocenters. The summed E-state index contributed by atoms with van der Waals surface area (Å²) < 4.78 is 0. The van der Waals surface area contributed by atoms with Gasteiger partial charge in [-0.3, -0.25) is 19.6 Å². The molecule has 1 aromatic carbocycles. The van der Waals surface area contributed by atoms with Gasteiger partial charge in [0.15, 0.2) is 0 Å². The van der Waals surface area contributed by atoms with Crippen LogP contribution in [0.25, 0.3) is 0 Å². The van der Waals surface area contributed by atoms with Crippen LogP contribution in [0.1, 0.15) is 56.8 Å². The minimum Gasteiger partial charge on any atom is -0.340 e. The van der Waals surface area contributed by atoms with Crippen molar-refractivity contribution in [1.82, 2.24) is 15.7 Å². The van der Waals surface area contributed by atoms with Crippen molar-refractivity contribution in [3.8, 4) is 0 Å². The lowest BCUT2D eigenvalue weighted by molar-refractivity contribution is -0.142. The standard InChI is InChI=1S/C21H31N3O4/c1-21(2,3)18(22-19(26)16-11-5-4-6-12-16)20(27)24(14-17(25)23-28)13-15-9-7-8-10-15/h4-6,11-12,15,18,28H,7-10,13-14H2,1-3H3,(H,22,26)(H,23,25)/t18-/m1/s1. The Hall–Kier alpha value is -2.41. The predicted molar refractivity (Wildman–Crippen MR) is 106 cm³/mol. The highest BCUT2D eigenvalue weighted by Crippen LogP contribution is 2.27. The summed E-state index contributed by atoms with van der Waals surface area (Å²) in [4.78, 5) is 39.2. The van der Waals surface area contributed by atoms with Gasteiger partial charge in [-0.2, -0.15) is 0 Å². The number of nitrogens with zero attached hydrogens (tertiary/aromatic N) is 1. The molecular formula is C21H31N3O4. The van der Waals surface area contributed by atoms with Crippen LogP contribution >= 0.6 is 0 Å². The number of carbonyl (C=O) groups is 3. The predicted octanol–water partition coefficient (Wildman–Crippen LogP) is 2.36. The summed E-state index contributed by atoms with van der Waals surface area (Å²) in [6.07, 6.45) is 4.26. The lowest BCUT2D eigenvalue weighted by Crippen LogP contribution is -2.56. The van der Waals surface area contributed by atoms with Crippen molar-refractivity contribution in [2.24, 2.45) is 11.3 Å². The summed E-state index contributed by atoms with van der Waals surface area (Å²) in [5, 5.41) is 11.8. The monoisotopic (exact) mass is 389 g/mol. The fraction of sp³-hybridized carbons (Fsp3) is 0.571. The molecule has 1 aromatic rings. The van der Waals surface area contributed by atoms with Gasteiger partial charge >= 0.3 is 0 Å². The van der Waals surface area contributed by atoms with Gasteiger partial charge in [0.05, 0.1) is 0 Å². The number of hydrogen-bond acceptors (Lipinski definition) is 4. The Morgan fingerprint density at radius 3 is 2.29 bits per heavy atom. The van der Waals surface area contributed by atoms with E-state index in [-0.39, 0.29) is 18.4 Å². The first-order chi connectivity index (χ1) is 13.2. The molecule has 28 heavy (non-hydrogen) atoms. The molecule has 0 aromatic heterocycles. The average molecular weight is 389 g/mol. The maximum Gasteiger partial charge on any atom is 0.262 e. The average Bonchev–Trinajstić information content (AvgIpc) is 3.17. The molecule has 7 nitrogen and oxygen atoms in total. The number of benzene rings is 1. The van der Waals surface area contributed by atoms with Gasteiger partial charge in [0.1, 0.15) is 12.6 Å². The van der Waals surface area contributed by atoms with E-state index < -0.39 is 17.4 Å². The van der Waals surface area contributed by atoms with Crippen LogP contribution in [0.2, 0.25) is 0 Å². The number of hydroxylamine groups is 1. The molecule has 0 bridgehead atoms. The SMILES string of the molecule is CC(C)(C)[C@H](NC(=O)c1ccccc1)C(=O)N(CC(=O)NO)CC1CCCC1. The van der Waals surface area contributed by atoms with Crippen LogP contribution in [-0.2, 0) is 9.59 Å². The van der Waals surface area contributed by atoms with Crippen LogP contribution in [0.4, 0.5) is 0 Å². The molecule has 1 aliphatic carbocycles. The van der Waals surface area contributed by atoms with Crippen molar-refractivity contribution < 1.29 is 19.6 Å². The molecule has 1 aliphatic rings. The fourth-order valence-electron chi connectivity index (χ4n) is 3.58. The van der Waals surface area contributed by atoms with E-state index in [1.807, 2.05) is 26.8 Å². The molecule has 0 radical (unpaired) electrons. The smallest absolute Gasteiger partial charge is 0.262 e. The highest BCUT2D eigenvalue weighted by atomic mass is 16.5. The number of carbonyl (C=O) groups excluding carboxylic acids is 3. The third-order valence-electron chi connectivity index (χ3n) is 5.15. The van der Waals surface area contributed by atoms with Crippen LogP contribution in [0.5, 0.6) is 0 Å². The Kier molecular flexibility index (Phi) is 7.57. The van der Waals surface area contributed by atoms with Gasteiger partial charge in [-0.05, 0) is 36.3 Å². The summed E-state index contributed by atoms with van der Waals surface area (Å²) in [5.41, 5.74) is 1.52. The largest absolute Gasteiger partial charge is 0.340 e. The molecule has 0 aliphatic heterocycles. The van der Waals surface area contributed by atoms with Crippen molar-refractivity contribution >= 4 is 17.7 Å². The van der Waals surface area contributed by atoms with Gasteiger partial charge in [0.2, 0.25) is 5.91 Å². The second-order valence-electron chi connectivity index (χ2n) is 8.54. The molecule has 3 amide bonds. The van der Waals surface area contributed by atoms with E-state index >= 15 is 0 Å². The van der Waals surface area contributed by atoms with E-state index in [1.54, 1.807) is 29.7 Å². The van der Waals surface area contributed by atoms with Gasteiger partial charge in [0.25, 0.3) is 11.8 Å². The Balaban J connectivity index is 2.21. The molecule has 1 fully saturated rings. The van der Waals surface area contributed by atoms with Crippen molar-refractivity contribution in [3.05, 3.63) is 35.9 Å². The van der Waals surface area contributed by atoms with E-state index in [4.69, 9.17) is 5.21 Å². The summed E-state index contributed by atoms with van der Waals surface area (Å²) >= 11 is 0. The molecule has 2 rings (SSSR count). The Bertz CT molecular complexity index is 679. The zero-order chi connectivity index (χ0) is 20.7. The molecular weight excluding hydrogens is 358 g/mol. The highest BCUT2D eigenvalue weighted by Gasteiger charge is 2.37. The fourth-order valence-corrected chi connectivity index (χ4v) is 3.58. The molecule has 0 spiro atoms. The first-order valence-electron chi connectivity index (χ1n) is 9.80. The zero-order valence-corrected chi connectivity index (χ0v) is 16.9. The van der Waals surface area contributed by atoms with Crippen LogP contribution in [0.3, 0.4) is 0 Å². The Labute approximate surface area is 166 Å². The minimum absolute atomic E-state index is 0.236. The van der Waals surface area contributed by atoms with Crippen molar-refractivity contribution in [1.29, 1.82) is 0 Å². The van der Waals surface area contributed by atoms with Crippen molar-refractivity contribution in [2.45, 2.75) is 52.5 Å². The second kappa shape index (κ2) is 9.68. The van der Waals surface area contributed by atoms with Crippen LogP contribution < -0.4 is 10.8 Å². The number of amides is 3. The molecule has 7 heteroatoms. The molecule has 1 saturated carbocycles. The number of rotatable bonds is 7. The minimum atomic E-state index is -0.798. The molecule has 3 N–H and O–H groups in total. The Morgan fingerprint density at radius 1 is 1.14 bits per heavy atom. The number of nitrogens with one attached hydrogen (secondary N) is 2. The third-order valence-corrected chi connectivity index (χ3v) is 5.15. The lowest BCUT2D eigenvalue weighted by Gasteiger charge is -2.35. The summed E-state index contributed by atoms with van der Waals surface area (Å²) in [6.45, 7) is 5.84. The second-order valence-corrected chi connectivity index (χ2v) is 8.54. The Morgan fingerprint density at radius 2 is 1.75 bits per heavy atom. The first-order valence-corrected chi connectivity index (χ1v) is 9.80. The molecule has 0 saturated heterocycles. The van der Waals surface area contributed by atoms with Gasteiger partial charge in [-0.25, -0.2) is 5.48 Å². The third kappa shape index (κ3) is 6.05. The van der Waals surface area contributed by atoms with Crippen molar-refractivity contribution in [2.75, 3.05) is 13.1 Å². The molecule has 0 heterocycles. The summed E-state index contributed by atoms with van der Waals surface area (Å²) in [6, 6.07) is 7.93. The molecule has 154 valence electrons. The maximum absolute atomic E-state index is 13.3. The lowest BCUT2D eigenvalue weighted by atomic mass is 9.85. The van der Waals surface area contributed by atoms with Gasteiger partial charge in [-0.15, -0.1) is 0 Å². The maximum atomic E-state index is 13.3.